The molecule has 0 saturated heterocycles. The number of hydrogen-bond acceptors (Lipinski definition) is 3. The maximum atomic E-state index is 12.0. The Labute approximate surface area is 129 Å². The Morgan fingerprint density at radius 1 is 1.14 bits per heavy atom. The van der Waals surface area contributed by atoms with E-state index in [9.17, 15) is 4.79 Å². The molecule has 112 valence electrons. The van der Waals surface area contributed by atoms with Gasteiger partial charge in [0.05, 0.1) is 12.7 Å². The Morgan fingerprint density at radius 3 is 2.73 bits per heavy atom. The summed E-state index contributed by atoms with van der Waals surface area (Å²) < 4.78 is 10.8. The van der Waals surface area contributed by atoms with Gasteiger partial charge in [-0.05, 0) is 41.3 Å². The normalized spacial score (nSPS) is 12.2. The van der Waals surface area contributed by atoms with E-state index in [0.29, 0.717) is 6.42 Å². The number of hydrogen-bond donors (Lipinski definition) is 0. The highest BCUT2D eigenvalue weighted by molar-refractivity contribution is 5.71. The van der Waals surface area contributed by atoms with Crippen LogP contribution in [-0.2, 0) is 16.1 Å². The molecule has 1 aliphatic carbocycles. The van der Waals surface area contributed by atoms with Crippen molar-refractivity contribution in [2.24, 2.45) is 0 Å². The molecule has 3 rings (SSSR count). The van der Waals surface area contributed by atoms with Gasteiger partial charge in [-0.3, -0.25) is 4.79 Å². The van der Waals surface area contributed by atoms with E-state index in [-0.39, 0.29) is 18.5 Å². The SMILES string of the molecule is CC(CC(=O)OCc1cc2cccoc-2c1)c1ccccc1. The smallest absolute Gasteiger partial charge is 0.306 e. The number of fused-ring (bicyclic) bond motifs is 1. The molecule has 1 aromatic carbocycles. The first kappa shape index (κ1) is 14.4. The van der Waals surface area contributed by atoms with Gasteiger partial charge in [-0.1, -0.05) is 37.3 Å². The lowest BCUT2D eigenvalue weighted by atomic mass is 9.98. The molecular weight excluding hydrogens is 276 g/mol. The van der Waals surface area contributed by atoms with Gasteiger partial charge in [0.15, 0.2) is 0 Å². The third-order valence-corrected chi connectivity index (χ3v) is 3.73. The monoisotopic (exact) mass is 294 g/mol. The van der Waals surface area contributed by atoms with E-state index in [1.165, 1.54) is 0 Å². The first-order valence-electron chi connectivity index (χ1n) is 7.39. The van der Waals surface area contributed by atoms with E-state index in [0.717, 1.165) is 22.5 Å². The standard InChI is InChI=1S/C19H18O3/c1-14(16-6-3-2-4-7-16)10-19(20)22-13-15-11-17-8-5-9-21-18(17)12-15/h2-9,11-12,14H,10,13H2,1H3. The topological polar surface area (TPSA) is 39.4 Å². The Morgan fingerprint density at radius 2 is 1.95 bits per heavy atom. The van der Waals surface area contributed by atoms with Gasteiger partial charge in [0.2, 0.25) is 0 Å². The lowest BCUT2D eigenvalue weighted by Gasteiger charge is -2.11. The quantitative estimate of drug-likeness (QED) is 0.644. The van der Waals surface area contributed by atoms with E-state index in [4.69, 9.17) is 9.15 Å². The zero-order valence-electron chi connectivity index (χ0n) is 12.5. The summed E-state index contributed by atoms with van der Waals surface area (Å²) in [5.74, 6) is 0.784. The first-order valence-corrected chi connectivity index (χ1v) is 7.39. The van der Waals surface area contributed by atoms with Crippen LogP contribution in [0.15, 0.2) is 65.3 Å². The fourth-order valence-corrected chi connectivity index (χ4v) is 2.51. The highest BCUT2D eigenvalue weighted by Crippen LogP contribution is 2.26. The van der Waals surface area contributed by atoms with Crippen LogP contribution in [0.5, 0.6) is 0 Å². The predicted molar refractivity (Wildman–Crippen MR) is 84.6 cm³/mol. The third-order valence-electron chi connectivity index (χ3n) is 3.73. The van der Waals surface area contributed by atoms with Crippen LogP contribution in [0.3, 0.4) is 0 Å². The lowest BCUT2D eigenvalue weighted by Crippen LogP contribution is -2.08. The van der Waals surface area contributed by atoms with Crippen LogP contribution in [0.25, 0.3) is 11.3 Å². The second-order valence-electron chi connectivity index (χ2n) is 5.47. The largest absolute Gasteiger partial charge is 0.464 e. The molecule has 1 atom stereocenters. The van der Waals surface area contributed by atoms with Gasteiger partial charge in [-0.2, -0.15) is 0 Å². The van der Waals surface area contributed by atoms with Gasteiger partial charge in [-0.15, -0.1) is 0 Å². The number of rotatable bonds is 5. The van der Waals surface area contributed by atoms with E-state index >= 15 is 0 Å². The van der Waals surface area contributed by atoms with Crippen molar-refractivity contribution in [2.75, 3.05) is 0 Å². The number of ether oxygens (including phenoxy) is 1. The zero-order chi connectivity index (χ0) is 15.4. The van der Waals surface area contributed by atoms with Crippen LogP contribution in [0.2, 0.25) is 0 Å². The summed E-state index contributed by atoms with van der Waals surface area (Å²) in [6.45, 7) is 2.32. The fourth-order valence-electron chi connectivity index (χ4n) is 2.51. The lowest BCUT2D eigenvalue weighted by molar-refractivity contribution is -0.145. The average Bonchev–Trinajstić information content (AvgIpc) is 2.96. The molecule has 1 aromatic rings. The van der Waals surface area contributed by atoms with Crippen molar-refractivity contribution in [2.45, 2.75) is 25.9 Å². The van der Waals surface area contributed by atoms with Gasteiger partial charge in [0.1, 0.15) is 12.4 Å². The molecule has 1 heterocycles. The minimum atomic E-state index is -0.182. The van der Waals surface area contributed by atoms with Gasteiger partial charge in [0, 0.05) is 5.56 Å². The van der Waals surface area contributed by atoms with Crippen molar-refractivity contribution in [1.82, 2.24) is 0 Å². The number of carbonyl (C=O) groups excluding carboxylic acids is 1. The molecule has 0 amide bonds. The Hall–Kier alpha value is -2.55. The molecule has 0 saturated carbocycles. The van der Waals surface area contributed by atoms with Crippen molar-refractivity contribution in [1.29, 1.82) is 0 Å². The molecule has 0 radical (unpaired) electrons. The van der Waals surface area contributed by atoms with Crippen LogP contribution in [-0.4, -0.2) is 5.97 Å². The van der Waals surface area contributed by atoms with Crippen LogP contribution in [0, 0.1) is 0 Å². The number of benzene rings is 1. The number of carbonyl (C=O) groups is 1. The Kier molecular flexibility index (Phi) is 4.24. The van der Waals surface area contributed by atoms with Gasteiger partial charge < -0.3 is 9.15 Å². The maximum absolute atomic E-state index is 12.0. The summed E-state index contributed by atoms with van der Waals surface area (Å²) in [4.78, 5) is 12.0. The molecule has 0 fully saturated rings. The Bertz CT molecular complexity index is 685. The van der Waals surface area contributed by atoms with Crippen molar-refractivity contribution < 1.29 is 13.9 Å². The summed E-state index contributed by atoms with van der Waals surface area (Å²) in [7, 11) is 0. The van der Waals surface area contributed by atoms with Crippen molar-refractivity contribution >= 4 is 5.97 Å². The van der Waals surface area contributed by atoms with Crippen LogP contribution in [0.1, 0.15) is 30.4 Å². The summed E-state index contributed by atoms with van der Waals surface area (Å²) in [5.41, 5.74) is 3.12. The predicted octanol–water partition coefficient (Wildman–Crippen LogP) is 4.62. The van der Waals surface area contributed by atoms with Crippen LogP contribution in [0.4, 0.5) is 0 Å². The summed E-state index contributed by atoms with van der Waals surface area (Å²) in [6, 6.07) is 17.7. The zero-order valence-corrected chi connectivity index (χ0v) is 12.5. The molecule has 3 nitrogen and oxygen atoms in total. The molecule has 0 aromatic heterocycles. The molecular formula is C19H18O3. The van der Waals surface area contributed by atoms with E-state index in [1.54, 1.807) is 6.26 Å². The van der Waals surface area contributed by atoms with Crippen molar-refractivity contribution in [3.05, 3.63) is 72.0 Å². The molecule has 0 N–H and O–H groups in total. The van der Waals surface area contributed by atoms with Crippen LogP contribution >= 0.6 is 0 Å². The van der Waals surface area contributed by atoms with E-state index < -0.39 is 0 Å². The Balaban J connectivity index is 1.55. The van der Waals surface area contributed by atoms with Crippen LogP contribution < -0.4 is 0 Å². The molecule has 1 aliphatic heterocycles. The van der Waals surface area contributed by atoms with Gasteiger partial charge in [-0.25, -0.2) is 0 Å². The highest BCUT2D eigenvalue weighted by Gasteiger charge is 2.14. The molecule has 22 heavy (non-hydrogen) atoms. The average molecular weight is 294 g/mol. The summed E-state index contributed by atoms with van der Waals surface area (Å²) in [5, 5.41) is 0. The van der Waals surface area contributed by atoms with E-state index in [1.807, 2.05) is 61.5 Å². The molecule has 2 aliphatic rings. The summed E-state index contributed by atoms with van der Waals surface area (Å²) in [6.07, 6.45) is 2.02. The maximum Gasteiger partial charge on any atom is 0.306 e. The first-order chi connectivity index (χ1) is 10.7. The highest BCUT2D eigenvalue weighted by atomic mass is 16.5. The minimum Gasteiger partial charge on any atom is -0.464 e. The van der Waals surface area contributed by atoms with Crippen molar-refractivity contribution in [3.63, 3.8) is 0 Å². The number of esters is 1. The minimum absolute atomic E-state index is 0.155. The molecule has 1 unspecified atom stereocenters. The molecule has 0 bridgehead atoms. The van der Waals surface area contributed by atoms with Gasteiger partial charge in [0.25, 0.3) is 0 Å². The molecule has 3 heteroatoms. The summed E-state index contributed by atoms with van der Waals surface area (Å²) >= 11 is 0. The molecule has 0 spiro atoms. The van der Waals surface area contributed by atoms with E-state index in [2.05, 4.69) is 0 Å². The van der Waals surface area contributed by atoms with Gasteiger partial charge >= 0.3 is 5.97 Å². The third kappa shape index (κ3) is 3.37. The van der Waals surface area contributed by atoms with Crippen molar-refractivity contribution in [3.8, 4) is 11.3 Å². The second-order valence-corrected chi connectivity index (χ2v) is 5.47. The fraction of sp³-hybridized carbons (Fsp3) is 0.211. The second kappa shape index (κ2) is 6.48.